The lowest BCUT2D eigenvalue weighted by molar-refractivity contribution is 0.246. The second kappa shape index (κ2) is 7.84. The molecule has 3 rings (SSSR count). The van der Waals surface area contributed by atoms with Crippen LogP contribution in [0.2, 0.25) is 0 Å². The topological polar surface area (TPSA) is 46.8 Å². The van der Waals surface area contributed by atoms with E-state index in [4.69, 9.17) is 0 Å². The smallest absolute Gasteiger partial charge is 0.0659 e. The average molecular weight is 321 g/mol. The summed E-state index contributed by atoms with van der Waals surface area (Å²) >= 11 is 0. The van der Waals surface area contributed by atoms with E-state index in [1.807, 2.05) is 29.3 Å². The molecule has 2 aromatic heterocycles. The van der Waals surface area contributed by atoms with Crippen molar-refractivity contribution in [3.63, 3.8) is 0 Å². The molecule has 0 saturated carbocycles. The maximum Gasteiger partial charge on any atom is 0.0659 e. The first-order valence-corrected chi connectivity index (χ1v) is 8.21. The summed E-state index contributed by atoms with van der Waals surface area (Å²) in [6.45, 7) is 3.95. The van der Waals surface area contributed by atoms with Crippen molar-refractivity contribution < 1.29 is 0 Å². The lowest BCUT2D eigenvalue weighted by atomic mass is 10.1. The van der Waals surface area contributed by atoms with Gasteiger partial charge in [-0.05, 0) is 31.2 Å². The predicted molar refractivity (Wildman–Crippen MR) is 94.4 cm³/mol. The number of rotatable bonds is 7. The van der Waals surface area contributed by atoms with Crippen molar-refractivity contribution in [1.82, 2.24) is 24.6 Å². The van der Waals surface area contributed by atoms with Crippen LogP contribution in [0.15, 0.2) is 61.3 Å². The minimum atomic E-state index is 0.408. The van der Waals surface area contributed by atoms with Crippen LogP contribution in [0.5, 0.6) is 0 Å². The predicted octanol–water partition coefficient (Wildman–Crippen LogP) is 2.78. The normalized spacial score (nSPS) is 12.5. The fraction of sp³-hybridized carbons (Fsp3) is 0.316. The molecule has 3 aromatic rings. The van der Waals surface area contributed by atoms with E-state index in [1.54, 1.807) is 12.4 Å². The van der Waals surface area contributed by atoms with Crippen LogP contribution in [0.3, 0.4) is 0 Å². The van der Waals surface area contributed by atoms with Gasteiger partial charge in [0.05, 0.1) is 12.2 Å². The van der Waals surface area contributed by atoms with Gasteiger partial charge in [0, 0.05) is 50.0 Å². The van der Waals surface area contributed by atoms with E-state index in [-0.39, 0.29) is 0 Å². The Balaban J connectivity index is 1.55. The molecular formula is C19H23N5. The molecule has 0 saturated heterocycles. The molecule has 5 nitrogen and oxygen atoms in total. The first kappa shape index (κ1) is 16.3. The molecule has 0 radical (unpaired) electrons. The third-order valence-corrected chi connectivity index (χ3v) is 4.23. The molecule has 0 aliphatic rings. The van der Waals surface area contributed by atoms with Gasteiger partial charge in [-0.3, -0.25) is 19.5 Å². The minimum absolute atomic E-state index is 0.408. The zero-order valence-electron chi connectivity index (χ0n) is 14.2. The summed E-state index contributed by atoms with van der Waals surface area (Å²) in [5, 5.41) is 4.24. The first-order chi connectivity index (χ1) is 11.7. The molecule has 1 aromatic carbocycles. The van der Waals surface area contributed by atoms with Gasteiger partial charge in [0.1, 0.15) is 0 Å². The van der Waals surface area contributed by atoms with Gasteiger partial charge in [-0.1, -0.05) is 24.3 Å². The van der Waals surface area contributed by atoms with Crippen molar-refractivity contribution in [2.24, 2.45) is 0 Å². The molecule has 0 aliphatic carbocycles. The standard InChI is InChI=1S/C19H23N5/c1-16(12-19-13-20-9-10-21-19)23(2)14-17-4-6-18(7-5-17)15-24-11-3-8-22-24/h3-11,13,16H,12,14-15H2,1-2H3. The monoisotopic (exact) mass is 321 g/mol. The lowest BCUT2D eigenvalue weighted by Crippen LogP contribution is -2.30. The van der Waals surface area contributed by atoms with Crippen LogP contribution in [0.1, 0.15) is 23.7 Å². The molecule has 0 spiro atoms. The van der Waals surface area contributed by atoms with Crippen molar-refractivity contribution >= 4 is 0 Å². The largest absolute Gasteiger partial charge is 0.299 e. The zero-order chi connectivity index (χ0) is 16.8. The highest BCUT2D eigenvalue weighted by atomic mass is 15.3. The van der Waals surface area contributed by atoms with Crippen LogP contribution in [0.25, 0.3) is 0 Å². The molecule has 124 valence electrons. The molecule has 5 heteroatoms. The van der Waals surface area contributed by atoms with E-state index >= 15 is 0 Å². The molecule has 0 bridgehead atoms. The summed E-state index contributed by atoms with van der Waals surface area (Å²) in [6.07, 6.45) is 10.00. The highest BCUT2D eigenvalue weighted by Crippen LogP contribution is 2.11. The van der Waals surface area contributed by atoms with Crippen LogP contribution < -0.4 is 0 Å². The Morgan fingerprint density at radius 2 is 1.88 bits per heavy atom. The SMILES string of the molecule is CC(Cc1cnccn1)N(C)Cc1ccc(Cn2cccn2)cc1. The number of hydrogen-bond acceptors (Lipinski definition) is 4. The van der Waals surface area contributed by atoms with E-state index in [0.29, 0.717) is 6.04 Å². The van der Waals surface area contributed by atoms with E-state index in [1.165, 1.54) is 11.1 Å². The molecule has 0 fully saturated rings. The van der Waals surface area contributed by atoms with Crippen molar-refractivity contribution in [3.05, 3.63) is 78.1 Å². The van der Waals surface area contributed by atoms with Gasteiger partial charge in [-0.25, -0.2) is 0 Å². The molecule has 0 N–H and O–H groups in total. The molecule has 0 aliphatic heterocycles. The number of nitrogens with zero attached hydrogens (tertiary/aromatic N) is 5. The Morgan fingerprint density at radius 1 is 1.08 bits per heavy atom. The van der Waals surface area contributed by atoms with E-state index in [2.05, 4.69) is 58.2 Å². The molecule has 0 amide bonds. The van der Waals surface area contributed by atoms with E-state index < -0.39 is 0 Å². The van der Waals surface area contributed by atoms with Gasteiger partial charge >= 0.3 is 0 Å². The Bertz CT molecular complexity index is 722. The summed E-state index contributed by atoms with van der Waals surface area (Å²) in [5.74, 6) is 0. The number of likely N-dealkylation sites (N-methyl/N-ethyl adjacent to an activating group) is 1. The molecular weight excluding hydrogens is 298 g/mol. The number of hydrogen-bond donors (Lipinski definition) is 0. The zero-order valence-corrected chi connectivity index (χ0v) is 14.2. The Labute approximate surface area is 143 Å². The van der Waals surface area contributed by atoms with Gasteiger partial charge in [-0.15, -0.1) is 0 Å². The van der Waals surface area contributed by atoms with Gasteiger partial charge < -0.3 is 0 Å². The van der Waals surface area contributed by atoms with Crippen LogP contribution in [0, 0.1) is 0 Å². The Morgan fingerprint density at radius 3 is 2.54 bits per heavy atom. The third-order valence-electron chi connectivity index (χ3n) is 4.23. The second-order valence-corrected chi connectivity index (χ2v) is 6.19. The first-order valence-electron chi connectivity index (χ1n) is 8.21. The average Bonchev–Trinajstić information content (AvgIpc) is 3.10. The molecule has 1 atom stereocenters. The van der Waals surface area contributed by atoms with E-state index in [9.17, 15) is 0 Å². The fourth-order valence-corrected chi connectivity index (χ4v) is 2.67. The van der Waals surface area contributed by atoms with Crippen LogP contribution in [0.4, 0.5) is 0 Å². The van der Waals surface area contributed by atoms with Gasteiger partial charge in [0.15, 0.2) is 0 Å². The summed E-state index contributed by atoms with van der Waals surface area (Å²) in [5.41, 5.74) is 3.61. The van der Waals surface area contributed by atoms with Crippen molar-refractivity contribution in [1.29, 1.82) is 0 Å². The fourth-order valence-electron chi connectivity index (χ4n) is 2.67. The summed E-state index contributed by atoms with van der Waals surface area (Å²) in [6, 6.07) is 11.1. The quantitative estimate of drug-likeness (QED) is 0.671. The summed E-state index contributed by atoms with van der Waals surface area (Å²) < 4.78 is 1.93. The van der Waals surface area contributed by atoms with Gasteiger partial charge in [0.25, 0.3) is 0 Å². The maximum absolute atomic E-state index is 4.36. The Kier molecular flexibility index (Phi) is 5.33. The number of aromatic nitrogens is 4. The minimum Gasteiger partial charge on any atom is -0.299 e. The maximum atomic E-state index is 4.36. The molecule has 24 heavy (non-hydrogen) atoms. The molecule has 2 heterocycles. The van der Waals surface area contributed by atoms with Crippen LogP contribution >= 0.6 is 0 Å². The van der Waals surface area contributed by atoms with Gasteiger partial charge in [-0.2, -0.15) is 5.10 Å². The van der Waals surface area contributed by atoms with Gasteiger partial charge in [0.2, 0.25) is 0 Å². The van der Waals surface area contributed by atoms with Crippen molar-refractivity contribution in [2.75, 3.05) is 7.05 Å². The summed E-state index contributed by atoms with van der Waals surface area (Å²) in [7, 11) is 2.15. The summed E-state index contributed by atoms with van der Waals surface area (Å²) in [4.78, 5) is 10.8. The molecule has 1 unspecified atom stereocenters. The lowest BCUT2D eigenvalue weighted by Gasteiger charge is -2.24. The third kappa shape index (κ3) is 4.49. The highest BCUT2D eigenvalue weighted by Gasteiger charge is 2.11. The second-order valence-electron chi connectivity index (χ2n) is 6.19. The number of benzene rings is 1. The highest BCUT2D eigenvalue weighted by molar-refractivity contribution is 5.22. The Hall–Kier alpha value is -2.53. The van der Waals surface area contributed by atoms with Crippen LogP contribution in [-0.2, 0) is 19.5 Å². The van der Waals surface area contributed by atoms with E-state index in [0.717, 1.165) is 25.2 Å². The van der Waals surface area contributed by atoms with Crippen molar-refractivity contribution in [3.8, 4) is 0 Å². The van der Waals surface area contributed by atoms with Crippen molar-refractivity contribution in [2.45, 2.75) is 32.5 Å². The van der Waals surface area contributed by atoms with Crippen LogP contribution in [-0.4, -0.2) is 37.7 Å².